The van der Waals surface area contributed by atoms with Gasteiger partial charge in [-0.05, 0) is 35.9 Å². The number of hydrogen-bond donors (Lipinski definition) is 2. The molecule has 0 saturated heterocycles. The Labute approximate surface area is 133 Å². The summed E-state index contributed by atoms with van der Waals surface area (Å²) in [5.74, 6) is -0.545. The minimum absolute atomic E-state index is 0.337. The molecule has 1 heterocycles. The van der Waals surface area contributed by atoms with Crippen LogP contribution in [0.1, 0.15) is 16.1 Å². The summed E-state index contributed by atoms with van der Waals surface area (Å²) >= 11 is 5.74. The van der Waals surface area contributed by atoms with Crippen LogP contribution in [-0.2, 0) is 17.1 Å². The molecule has 2 rings (SSSR count). The highest BCUT2D eigenvalue weighted by molar-refractivity contribution is 7.92. The summed E-state index contributed by atoms with van der Waals surface area (Å²) < 4.78 is 25.1. The van der Waals surface area contributed by atoms with E-state index < -0.39 is 15.9 Å². The Morgan fingerprint density at radius 2 is 1.91 bits per heavy atom. The quantitative estimate of drug-likeness (QED) is 0.817. The van der Waals surface area contributed by atoms with Gasteiger partial charge in [0.2, 0.25) is 0 Å². The van der Waals surface area contributed by atoms with Crippen LogP contribution in [0, 0.1) is 0 Å². The molecule has 0 atom stereocenters. The zero-order chi connectivity index (χ0) is 16.2. The van der Waals surface area contributed by atoms with Gasteiger partial charge in [-0.3, -0.25) is 10.2 Å². The molecule has 0 aliphatic carbocycles. The molecule has 0 spiro atoms. The highest BCUT2D eigenvalue weighted by Gasteiger charge is 2.11. The van der Waals surface area contributed by atoms with E-state index in [1.807, 2.05) is 4.83 Å². The van der Waals surface area contributed by atoms with Crippen molar-refractivity contribution in [3.8, 4) is 0 Å². The maximum absolute atomic E-state index is 11.8. The molecule has 8 heteroatoms. The molecule has 2 N–H and O–H groups in total. The number of halogens is 1. The average Bonchev–Trinajstić information content (AvgIpc) is 2.91. The maximum atomic E-state index is 11.8. The van der Waals surface area contributed by atoms with Gasteiger partial charge >= 0.3 is 0 Å². The normalized spacial score (nSPS) is 11.7. The molecule has 0 bridgehead atoms. The van der Waals surface area contributed by atoms with Gasteiger partial charge in [-0.15, -0.1) is 4.83 Å². The number of amides is 1. The van der Waals surface area contributed by atoms with Gasteiger partial charge in [0.15, 0.2) is 0 Å². The number of aromatic nitrogens is 1. The molecule has 116 valence electrons. The Balaban J connectivity index is 1.98. The van der Waals surface area contributed by atoms with Crippen LogP contribution in [0.4, 0.5) is 0 Å². The monoisotopic (exact) mass is 339 g/mol. The van der Waals surface area contributed by atoms with Crippen molar-refractivity contribution >= 4 is 33.6 Å². The van der Waals surface area contributed by atoms with E-state index in [9.17, 15) is 13.2 Å². The molecule has 22 heavy (non-hydrogen) atoms. The number of benzene rings is 1. The lowest BCUT2D eigenvalue weighted by Crippen LogP contribution is -2.41. The first kappa shape index (κ1) is 16.3. The molecule has 0 unspecified atom stereocenters. The minimum Gasteiger partial charge on any atom is -0.347 e. The number of sulfonamides is 1. The summed E-state index contributed by atoms with van der Waals surface area (Å²) in [6.07, 6.45) is 3.08. The number of nitrogens with one attached hydrogen (secondary N) is 2. The molecule has 2 aromatic rings. The van der Waals surface area contributed by atoms with Gasteiger partial charge in [0.1, 0.15) is 5.69 Å². The summed E-state index contributed by atoms with van der Waals surface area (Å²) in [7, 11) is -2.11. The molecule has 0 radical (unpaired) electrons. The van der Waals surface area contributed by atoms with Gasteiger partial charge in [-0.2, -0.15) is 0 Å². The topological polar surface area (TPSA) is 80.2 Å². The maximum Gasteiger partial charge on any atom is 0.282 e. The number of nitrogens with zero attached hydrogens (tertiary/aromatic N) is 1. The van der Waals surface area contributed by atoms with E-state index in [0.717, 1.165) is 5.41 Å². The molecule has 1 amide bonds. The molecule has 1 aromatic heterocycles. The van der Waals surface area contributed by atoms with Crippen LogP contribution in [0.5, 0.6) is 0 Å². The van der Waals surface area contributed by atoms with Crippen LogP contribution < -0.4 is 10.3 Å². The first-order valence-electron chi connectivity index (χ1n) is 6.24. The summed E-state index contributed by atoms with van der Waals surface area (Å²) in [6, 6.07) is 9.92. The number of carbonyl (C=O) groups excluding carboxylic acids is 1. The first-order valence-corrected chi connectivity index (χ1v) is 8.17. The van der Waals surface area contributed by atoms with Crippen molar-refractivity contribution in [3.05, 3.63) is 64.3 Å². The third kappa shape index (κ3) is 4.45. The number of aryl methyl sites for hydroxylation is 1. The van der Waals surface area contributed by atoms with Gasteiger partial charge in [0.05, 0.1) is 0 Å². The Kier molecular flexibility index (Phi) is 5.02. The summed E-state index contributed by atoms with van der Waals surface area (Å²) in [6.45, 7) is 0. The number of carbonyl (C=O) groups is 1. The smallest absolute Gasteiger partial charge is 0.282 e. The molecular weight excluding hydrogens is 326 g/mol. The van der Waals surface area contributed by atoms with Crippen LogP contribution in [0.15, 0.2) is 48.0 Å². The van der Waals surface area contributed by atoms with Crippen LogP contribution in [-0.4, -0.2) is 18.9 Å². The number of rotatable bonds is 5. The van der Waals surface area contributed by atoms with Crippen molar-refractivity contribution in [1.29, 1.82) is 0 Å². The predicted molar refractivity (Wildman–Crippen MR) is 85.4 cm³/mol. The SMILES string of the molecule is Cn1cccc1C(=O)NNS(=O)(=O)/C=C/c1ccc(Cl)cc1. The standard InChI is InChI=1S/C14H14ClN3O3S/c1-18-9-2-3-13(18)14(19)16-17-22(20,21)10-8-11-4-6-12(15)7-5-11/h2-10,17H,1H3,(H,16,19)/b10-8+. The van der Waals surface area contributed by atoms with Gasteiger partial charge in [-0.25, -0.2) is 8.42 Å². The second-order valence-electron chi connectivity index (χ2n) is 4.46. The lowest BCUT2D eigenvalue weighted by Gasteiger charge is -2.06. The van der Waals surface area contributed by atoms with E-state index in [2.05, 4.69) is 5.43 Å². The van der Waals surface area contributed by atoms with Crippen molar-refractivity contribution in [2.45, 2.75) is 0 Å². The molecule has 0 saturated carbocycles. The summed E-state index contributed by atoms with van der Waals surface area (Å²) in [4.78, 5) is 13.8. The summed E-state index contributed by atoms with van der Waals surface area (Å²) in [5.41, 5.74) is 3.15. The van der Waals surface area contributed by atoms with Gasteiger partial charge < -0.3 is 4.57 Å². The largest absolute Gasteiger partial charge is 0.347 e. The van der Waals surface area contributed by atoms with Crippen LogP contribution in [0.25, 0.3) is 6.08 Å². The highest BCUT2D eigenvalue weighted by atomic mass is 35.5. The van der Waals surface area contributed by atoms with Crippen molar-refractivity contribution in [2.24, 2.45) is 7.05 Å². The van der Waals surface area contributed by atoms with Crippen molar-refractivity contribution in [1.82, 2.24) is 14.8 Å². The first-order chi connectivity index (χ1) is 10.4. The Morgan fingerprint density at radius 3 is 2.50 bits per heavy atom. The van der Waals surface area contributed by atoms with E-state index in [0.29, 0.717) is 16.3 Å². The lowest BCUT2D eigenvalue weighted by atomic mass is 10.2. The van der Waals surface area contributed by atoms with E-state index >= 15 is 0 Å². The fourth-order valence-corrected chi connectivity index (χ4v) is 2.42. The minimum atomic E-state index is -3.79. The average molecular weight is 340 g/mol. The molecule has 0 fully saturated rings. The van der Waals surface area contributed by atoms with Gasteiger partial charge in [0, 0.05) is 23.7 Å². The van der Waals surface area contributed by atoms with E-state index in [4.69, 9.17) is 11.6 Å². The molecular formula is C14H14ClN3O3S. The zero-order valence-corrected chi connectivity index (χ0v) is 13.2. The lowest BCUT2D eigenvalue weighted by molar-refractivity contribution is 0.0937. The van der Waals surface area contributed by atoms with Crippen LogP contribution in [0.2, 0.25) is 5.02 Å². The Hall–Kier alpha value is -2.09. The zero-order valence-electron chi connectivity index (χ0n) is 11.7. The van der Waals surface area contributed by atoms with Crippen LogP contribution >= 0.6 is 11.6 Å². The Bertz CT molecular complexity index is 795. The number of hydrazine groups is 1. The summed E-state index contributed by atoms with van der Waals surface area (Å²) in [5, 5.41) is 1.52. The van der Waals surface area contributed by atoms with Crippen molar-refractivity contribution in [3.63, 3.8) is 0 Å². The van der Waals surface area contributed by atoms with Gasteiger partial charge in [0.25, 0.3) is 15.9 Å². The highest BCUT2D eigenvalue weighted by Crippen LogP contribution is 2.11. The van der Waals surface area contributed by atoms with E-state index in [1.165, 1.54) is 6.08 Å². The Morgan fingerprint density at radius 1 is 1.23 bits per heavy atom. The fourth-order valence-electron chi connectivity index (χ4n) is 1.65. The fraction of sp³-hybridized carbons (Fsp3) is 0.0714. The second-order valence-corrected chi connectivity index (χ2v) is 6.46. The van der Waals surface area contributed by atoms with E-state index in [1.54, 1.807) is 54.2 Å². The third-order valence-electron chi connectivity index (χ3n) is 2.79. The van der Waals surface area contributed by atoms with Gasteiger partial charge in [-0.1, -0.05) is 23.7 Å². The van der Waals surface area contributed by atoms with Crippen LogP contribution in [0.3, 0.4) is 0 Å². The van der Waals surface area contributed by atoms with Crippen molar-refractivity contribution in [2.75, 3.05) is 0 Å². The van der Waals surface area contributed by atoms with E-state index in [-0.39, 0.29) is 0 Å². The molecule has 6 nitrogen and oxygen atoms in total. The molecule has 0 aliphatic rings. The predicted octanol–water partition coefficient (Wildman–Crippen LogP) is 1.91. The van der Waals surface area contributed by atoms with Crippen molar-refractivity contribution < 1.29 is 13.2 Å². The molecule has 0 aliphatic heterocycles. The third-order valence-corrected chi connectivity index (χ3v) is 3.93. The second kappa shape index (κ2) is 6.78. The molecule has 1 aromatic carbocycles. The number of hydrogen-bond acceptors (Lipinski definition) is 3.